The van der Waals surface area contributed by atoms with E-state index < -0.39 is 17.0 Å². The third-order valence-corrected chi connectivity index (χ3v) is 3.85. The maximum Gasteiger partial charge on any atom is 0.229 e. The summed E-state index contributed by atoms with van der Waals surface area (Å²) in [4.78, 5) is 26.3. The predicted molar refractivity (Wildman–Crippen MR) is 83.7 cm³/mol. The third-order valence-electron chi connectivity index (χ3n) is 3.85. The minimum Gasteiger partial charge on any atom is -0.341 e. The summed E-state index contributed by atoms with van der Waals surface area (Å²) in [6.07, 6.45) is 1.38. The number of nitrogens with zero attached hydrogens (tertiary/aromatic N) is 1. The Morgan fingerprint density at radius 1 is 1.17 bits per heavy atom. The molecule has 0 aromatic heterocycles. The van der Waals surface area contributed by atoms with Crippen molar-refractivity contribution in [3.05, 3.63) is 29.8 Å². The summed E-state index contributed by atoms with van der Waals surface area (Å²) in [6, 6.07) is 2.89. The van der Waals surface area contributed by atoms with E-state index >= 15 is 0 Å². The van der Waals surface area contributed by atoms with Gasteiger partial charge in [-0.1, -0.05) is 20.8 Å². The van der Waals surface area contributed by atoms with Gasteiger partial charge in [0.15, 0.2) is 0 Å². The molecule has 126 valence electrons. The molecular weight excluding hydrogens is 302 g/mol. The van der Waals surface area contributed by atoms with Gasteiger partial charge >= 0.3 is 0 Å². The summed E-state index contributed by atoms with van der Waals surface area (Å²) >= 11 is 0. The number of halogens is 2. The first-order chi connectivity index (χ1) is 10.7. The number of carbonyl (C=O) groups excluding carboxylic acids is 2. The van der Waals surface area contributed by atoms with Gasteiger partial charge in [0.05, 0.1) is 5.92 Å². The van der Waals surface area contributed by atoms with Crippen LogP contribution in [0.25, 0.3) is 0 Å². The molecule has 2 amide bonds. The molecule has 1 aromatic rings. The molecule has 1 heterocycles. The van der Waals surface area contributed by atoms with Gasteiger partial charge in [0.2, 0.25) is 11.8 Å². The van der Waals surface area contributed by atoms with Gasteiger partial charge in [0, 0.05) is 30.3 Å². The van der Waals surface area contributed by atoms with Crippen molar-refractivity contribution >= 4 is 17.5 Å². The van der Waals surface area contributed by atoms with E-state index in [1.165, 1.54) is 0 Å². The Morgan fingerprint density at radius 3 is 2.35 bits per heavy atom. The van der Waals surface area contributed by atoms with Crippen LogP contribution in [-0.2, 0) is 9.59 Å². The molecule has 6 heteroatoms. The van der Waals surface area contributed by atoms with Gasteiger partial charge < -0.3 is 10.2 Å². The molecule has 1 saturated heterocycles. The van der Waals surface area contributed by atoms with Crippen LogP contribution in [0.2, 0.25) is 0 Å². The van der Waals surface area contributed by atoms with Crippen LogP contribution in [0.4, 0.5) is 14.5 Å². The fraction of sp³-hybridized carbons (Fsp3) is 0.529. The molecule has 1 aliphatic heterocycles. The first-order valence-corrected chi connectivity index (χ1v) is 7.73. The molecule has 0 unspecified atom stereocenters. The van der Waals surface area contributed by atoms with Crippen molar-refractivity contribution in [2.24, 2.45) is 11.3 Å². The predicted octanol–water partition coefficient (Wildman–Crippen LogP) is 3.19. The first-order valence-electron chi connectivity index (χ1n) is 7.73. The molecule has 1 aliphatic rings. The summed E-state index contributed by atoms with van der Waals surface area (Å²) in [5, 5.41) is 2.53. The van der Waals surface area contributed by atoms with Crippen molar-refractivity contribution in [1.29, 1.82) is 0 Å². The van der Waals surface area contributed by atoms with Crippen LogP contribution in [-0.4, -0.2) is 29.8 Å². The first kappa shape index (κ1) is 17.4. The van der Waals surface area contributed by atoms with Gasteiger partial charge in [-0.3, -0.25) is 9.59 Å². The molecular formula is C17H22F2N2O2. The molecule has 4 nitrogen and oxygen atoms in total. The molecule has 1 atom stereocenters. The average Bonchev–Trinajstić information content (AvgIpc) is 2.44. The van der Waals surface area contributed by atoms with Crippen molar-refractivity contribution < 1.29 is 18.4 Å². The summed E-state index contributed by atoms with van der Waals surface area (Å²) in [6.45, 7) is 6.49. The van der Waals surface area contributed by atoms with Crippen LogP contribution < -0.4 is 5.32 Å². The number of carbonyl (C=O) groups is 2. The van der Waals surface area contributed by atoms with Crippen LogP contribution >= 0.6 is 0 Å². The summed E-state index contributed by atoms with van der Waals surface area (Å²) in [5.41, 5.74) is -0.406. The largest absolute Gasteiger partial charge is 0.341 e. The highest BCUT2D eigenvalue weighted by molar-refractivity contribution is 5.93. The van der Waals surface area contributed by atoms with E-state index in [-0.39, 0.29) is 23.4 Å². The van der Waals surface area contributed by atoms with Crippen LogP contribution in [0.3, 0.4) is 0 Å². The van der Waals surface area contributed by atoms with Gasteiger partial charge in [0.25, 0.3) is 0 Å². The molecule has 23 heavy (non-hydrogen) atoms. The monoisotopic (exact) mass is 324 g/mol. The molecule has 2 rings (SSSR count). The van der Waals surface area contributed by atoms with E-state index in [0.29, 0.717) is 19.5 Å². The maximum atomic E-state index is 13.2. The number of anilines is 1. The van der Waals surface area contributed by atoms with Crippen LogP contribution in [0, 0.1) is 23.0 Å². The van der Waals surface area contributed by atoms with E-state index in [2.05, 4.69) is 5.32 Å². The Hall–Kier alpha value is -1.98. The summed E-state index contributed by atoms with van der Waals surface area (Å²) < 4.78 is 26.4. The summed E-state index contributed by atoms with van der Waals surface area (Å²) in [7, 11) is 0. The number of nitrogens with one attached hydrogen (secondary N) is 1. The molecule has 0 saturated carbocycles. The molecule has 1 aromatic carbocycles. The third kappa shape index (κ3) is 4.50. The topological polar surface area (TPSA) is 49.4 Å². The lowest BCUT2D eigenvalue weighted by molar-refractivity contribution is -0.142. The average molecular weight is 324 g/mol. The SMILES string of the molecule is CC(C)(C)C(=O)N1CCC[C@H](C(=O)Nc2cc(F)cc(F)c2)C1. The van der Waals surface area contributed by atoms with E-state index in [1.807, 2.05) is 20.8 Å². The number of hydrogen-bond donors (Lipinski definition) is 1. The van der Waals surface area contributed by atoms with E-state index in [4.69, 9.17) is 0 Å². The van der Waals surface area contributed by atoms with Gasteiger partial charge in [-0.15, -0.1) is 0 Å². The van der Waals surface area contributed by atoms with Crippen molar-refractivity contribution in [3.8, 4) is 0 Å². The second-order valence-corrected chi connectivity index (χ2v) is 6.99. The number of rotatable bonds is 2. The molecule has 1 fully saturated rings. The van der Waals surface area contributed by atoms with E-state index in [1.54, 1.807) is 4.90 Å². The van der Waals surface area contributed by atoms with Crippen molar-refractivity contribution in [2.45, 2.75) is 33.6 Å². The lowest BCUT2D eigenvalue weighted by Gasteiger charge is -2.35. The van der Waals surface area contributed by atoms with Crippen molar-refractivity contribution in [2.75, 3.05) is 18.4 Å². The van der Waals surface area contributed by atoms with Crippen LogP contribution in [0.5, 0.6) is 0 Å². The Bertz CT molecular complexity index is 591. The highest BCUT2D eigenvalue weighted by atomic mass is 19.1. The number of benzene rings is 1. The number of piperidine rings is 1. The minimum absolute atomic E-state index is 0.00630. The van der Waals surface area contributed by atoms with Crippen molar-refractivity contribution in [3.63, 3.8) is 0 Å². The Morgan fingerprint density at radius 2 is 1.78 bits per heavy atom. The maximum absolute atomic E-state index is 13.2. The highest BCUT2D eigenvalue weighted by Gasteiger charge is 2.33. The molecule has 0 spiro atoms. The fourth-order valence-electron chi connectivity index (χ4n) is 2.72. The summed E-state index contributed by atoms with van der Waals surface area (Å²) in [5.74, 6) is -2.17. The van der Waals surface area contributed by atoms with Crippen molar-refractivity contribution in [1.82, 2.24) is 4.90 Å². The molecule has 1 N–H and O–H groups in total. The fourth-order valence-corrected chi connectivity index (χ4v) is 2.72. The molecule has 0 radical (unpaired) electrons. The number of amides is 2. The zero-order valence-corrected chi connectivity index (χ0v) is 13.7. The zero-order valence-electron chi connectivity index (χ0n) is 13.7. The van der Waals surface area contributed by atoms with E-state index in [0.717, 1.165) is 24.6 Å². The number of hydrogen-bond acceptors (Lipinski definition) is 2. The number of likely N-dealkylation sites (tertiary alicyclic amines) is 1. The lowest BCUT2D eigenvalue weighted by atomic mass is 9.91. The zero-order chi connectivity index (χ0) is 17.2. The standard InChI is InChI=1S/C17H22F2N2O2/c1-17(2,3)16(23)21-6-4-5-11(10-21)15(22)20-14-8-12(18)7-13(19)9-14/h7-9,11H,4-6,10H2,1-3H3,(H,20,22)/t11-/m0/s1. The quantitative estimate of drug-likeness (QED) is 0.908. The van der Waals surface area contributed by atoms with E-state index in [9.17, 15) is 18.4 Å². The lowest BCUT2D eigenvalue weighted by Crippen LogP contribution is -2.47. The van der Waals surface area contributed by atoms with Crippen LogP contribution in [0.15, 0.2) is 18.2 Å². The second kappa shape index (κ2) is 6.64. The smallest absolute Gasteiger partial charge is 0.229 e. The van der Waals surface area contributed by atoms with Gasteiger partial charge in [0.1, 0.15) is 11.6 Å². The Kier molecular flexibility index (Phi) is 5.02. The van der Waals surface area contributed by atoms with Gasteiger partial charge in [-0.05, 0) is 25.0 Å². The second-order valence-electron chi connectivity index (χ2n) is 6.99. The molecule has 0 bridgehead atoms. The molecule has 0 aliphatic carbocycles. The Labute approximate surface area is 134 Å². The van der Waals surface area contributed by atoms with Crippen LogP contribution in [0.1, 0.15) is 33.6 Å². The highest BCUT2D eigenvalue weighted by Crippen LogP contribution is 2.24. The minimum atomic E-state index is -0.742. The Balaban J connectivity index is 2.03. The van der Waals surface area contributed by atoms with Gasteiger partial charge in [-0.25, -0.2) is 8.78 Å². The van der Waals surface area contributed by atoms with Gasteiger partial charge in [-0.2, -0.15) is 0 Å². The normalized spacial score (nSPS) is 18.7.